The summed E-state index contributed by atoms with van der Waals surface area (Å²) < 4.78 is 0. The normalized spacial score (nSPS) is 12.4. The first kappa shape index (κ1) is 65.9. The van der Waals surface area contributed by atoms with Crippen molar-refractivity contribution < 1.29 is 0 Å². The molecule has 6 aromatic carbocycles. The molecule has 18 rings (SSSR count). The smallest absolute Gasteiger partial charge is 0.0529 e. The second-order valence-electron chi connectivity index (χ2n) is 28.5. The van der Waals surface area contributed by atoms with Gasteiger partial charge in [-0.25, -0.2) is 0 Å². The summed E-state index contributed by atoms with van der Waals surface area (Å²) in [4.78, 5) is 27.1. The molecule has 6 heterocycles. The number of fused-ring (bicyclic) bond motifs is 18. The fourth-order valence-corrected chi connectivity index (χ4v) is 15.6. The lowest BCUT2D eigenvalue weighted by atomic mass is 9.89. The van der Waals surface area contributed by atoms with E-state index in [1.807, 2.05) is 49.2 Å². The highest BCUT2D eigenvalue weighted by molar-refractivity contribution is 5.84. The molecule has 6 nitrogen and oxygen atoms in total. The monoisotopic (exact) mass is 1270 g/mol. The van der Waals surface area contributed by atoms with Gasteiger partial charge in [-0.15, -0.1) is 0 Å². The SMILES string of the molecule is Cc1c(C)c(C)c2c(c1C)Cc1ncccc1-2.Cc1cc2c(c(C)c1C)-c1cccnc1C2.Cc1cc2c(c(C)c1C)Cc1ncccc1-2.Cc1cc2c(cc1C)-c1c(C)ccnc1C2.Cc1ccc2c(n1)Cc1cc(C)c(C)cc1-2.Cc1cnc2c(c1)-c1cc(C)c(C)cc1C2. The summed E-state index contributed by atoms with van der Waals surface area (Å²) >= 11 is 0. The maximum Gasteiger partial charge on any atom is 0.0529 e. The van der Waals surface area contributed by atoms with Gasteiger partial charge in [-0.3, -0.25) is 29.9 Å². The van der Waals surface area contributed by atoms with Gasteiger partial charge in [0.1, 0.15) is 0 Å². The van der Waals surface area contributed by atoms with E-state index in [0.29, 0.717) is 0 Å². The Kier molecular flexibility index (Phi) is 17.9. The Bertz CT molecular complexity index is 5210. The van der Waals surface area contributed by atoms with Crippen LogP contribution in [0.1, 0.15) is 173 Å². The predicted octanol–water partition coefficient (Wildman–Crippen LogP) is 21.8. The van der Waals surface area contributed by atoms with Crippen LogP contribution in [-0.2, 0) is 38.5 Å². The highest BCUT2D eigenvalue weighted by atomic mass is 14.7. The van der Waals surface area contributed by atoms with Gasteiger partial charge in [-0.1, -0.05) is 72.8 Å². The second kappa shape index (κ2) is 26.3. The van der Waals surface area contributed by atoms with Gasteiger partial charge < -0.3 is 0 Å². The van der Waals surface area contributed by atoms with E-state index in [0.717, 1.165) is 44.2 Å². The zero-order valence-corrected chi connectivity index (χ0v) is 60.7. The molecule has 0 saturated heterocycles. The third-order valence-corrected chi connectivity index (χ3v) is 22.4. The molecule has 0 fully saturated rings. The number of pyridine rings is 6. The Morgan fingerprint density at radius 1 is 0.237 bits per heavy atom. The van der Waals surface area contributed by atoms with E-state index in [-0.39, 0.29) is 0 Å². The molecule has 97 heavy (non-hydrogen) atoms. The molecule has 6 heteroatoms. The van der Waals surface area contributed by atoms with Crippen LogP contribution in [0.15, 0.2) is 140 Å². The van der Waals surface area contributed by atoms with E-state index in [2.05, 4.69) is 252 Å². The van der Waals surface area contributed by atoms with E-state index in [1.54, 1.807) is 0 Å². The lowest BCUT2D eigenvalue weighted by molar-refractivity contribution is 1.07. The highest BCUT2D eigenvalue weighted by Gasteiger charge is 2.28. The molecular weight excluding hydrogens is 1180 g/mol. The first-order valence-corrected chi connectivity index (χ1v) is 34.7. The van der Waals surface area contributed by atoms with Crippen molar-refractivity contribution in [2.75, 3.05) is 0 Å². The number of rotatable bonds is 0. The minimum atomic E-state index is 0.992. The standard InChI is InChI=1S/C16H17N.5C15H15N/c1-9-10(2)12(4)16-13-6-5-7-17-15(13)8-14(16)11(9)3;1-9-4-14-13-6-11(3)10(2)5-12(13)7-15(14)16-8-9;1-9-6-12-8-15-13(5-4-11(3)16-15)14(12)7-10(9)2;1-9-4-5-16-14-8-12-6-10(2)11(3)7-13(12)15(9)14;1-9-7-12-8-14-13(5-4-6-16-14)15(12)11(3)10(9)2;1-9-7-14-12-5-4-6-16-15(12)8-13(14)11(3)10(9)2/h5-7H,8H2,1-4H3;4-6,8H,7H2,1-3H3;4*4-7H,8H2,1-3H3. The zero-order valence-electron chi connectivity index (χ0n) is 60.7. The van der Waals surface area contributed by atoms with Crippen molar-refractivity contribution in [1.29, 1.82) is 0 Å². The van der Waals surface area contributed by atoms with Gasteiger partial charge >= 0.3 is 0 Å². The lowest BCUT2D eigenvalue weighted by Gasteiger charge is -2.15. The van der Waals surface area contributed by atoms with Crippen LogP contribution in [0.5, 0.6) is 0 Å². The van der Waals surface area contributed by atoms with E-state index in [4.69, 9.17) is 0 Å². The van der Waals surface area contributed by atoms with Crippen LogP contribution in [0.4, 0.5) is 0 Å². The number of aryl methyl sites for hydroxylation is 11. The predicted molar refractivity (Wildman–Crippen MR) is 405 cm³/mol. The van der Waals surface area contributed by atoms with Gasteiger partial charge in [0, 0.05) is 109 Å². The third kappa shape index (κ3) is 12.3. The zero-order chi connectivity index (χ0) is 68.6. The summed E-state index contributed by atoms with van der Waals surface area (Å²) in [6.45, 7) is 41.6. The molecule has 6 aliphatic carbocycles. The molecule has 0 amide bonds. The summed E-state index contributed by atoms with van der Waals surface area (Å²) in [6.07, 6.45) is 15.5. The molecule has 6 aliphatic rings. The van der Waals surface area contributed by atoms with Crippen LogP contribution in [0.2, 0.25) is 0 Å². The number of aromatic nitrogens is 6. The Morgan fingerprint density at radius 2 is 0.660 bits per heavy atom. The Labute approximate surface area is 576 Å². The van der Waals surface area contributed by atoms with Crippen molar-refractivity contribution in [2.45, 2.75) is 170 Å². The topological polar surface area (TPSA) is 77.3 Å². The molecule has 0 saturated carbocycles. The summed E-state index contributed by atoms with van der Waals surface area (Å²) in [5.74, 6) is 0. The van der Waals surface area contributed by atoms with Crippen LogP contribution in [0, 0.1) is 132 Å². The molecule has 0 aliphatic heterocycles. The van der Waals surface area contributed by atoms with Crippen LogP contribution >= 0.6 is 0 Å². The van der Waals surface area contributed by atoms with Crippen LogP contribution in [0.25, 0.3) is 66.8 Å². The van der Waals surface area contributed by atoms with E-state index < -0.39 is 0 Å². The minimum Gasteiger partial charge on any atom is -0.260 e. The van der Waals surface area contributed by atoms with Gasteiger partial charge in [0.05, 0.1) is 34.2 Å². The fourth-order valence-electron chi connectivity index (χ4n) is 15.6. The Morgan fingerprint density at radius 3 is 1.31 bits per heavy atom. The number of hydrogen-bond acceptors (Lipinski definition) is 6. The lowest BCUT2D eigenvalue weighted by Crippen LogP contribution is -1.98. The van der Waals surface area contributed by atoms with Gasteiger partial charge in [-0.05, 0) is 335 Å². The number of hydrogen-bond donors (Lipinski definition) is 0. The van der Waals surface area contributed by atoms with Crippen molar-refractivity contribution >= 4 is 0 Å². The average Bonchev–Trinajstić information content (AvgIpc) is 1.64. The average molecular weight is 1270 g/mol. The minimum absolute atomic E-state index is 0.992. The van der Waals surface area contributed by atoms with E-state index in [1.165, 1.54) is 234 Å². The maximum atomic E-state index is 4.63. The van der Waals surface area contributed by atoms with Crippen molar-refractivity contribution in [3.8, 4) is 66.8 Å². The van der Waals surface area contributed by atoms with Gasteiger partial charge in [0.2, 0.25) is 0 Å². The molecule has 0 spiro atoms. The summed E-state index contributed by atoms with van der Waals surface area (Å²) in [5, 5.41) is 0. The fraction of sp³-hybridized carbons (Fsp3) is 0.275. The molecule has 0 unspecified atom stereocenters. The van der Waals surface area contributed by atoms with Gasteiger partial charge in [0.25, 0.3) is 0 Å². The summed E-state index contributed by atoms with van der Waals surface area (Å²) in [5.41, 5.74) is 58.6. The molecule has 12 aromatic rings. The highest BCUT2D eigenvalue weighted by Crippen LogP contribution is 2.45. The van der Waals surface area contributed by atoms with Crippen LogP contribution < -0.4 is 0 Å². The number of nitrogens with zero attached hydrogens (tertiary/aromatic N) is 6. The first-order valence-electron chi connectivity index (χ1n) is 34.7. The number of benzene rings is 6. The second-order valence-corrected chi connectivity index (χ2v) is 28.5. The van der Waals surface area contributed by atoms with Gasteiger partial charge in [0.15, 0.2) is 0 Å². The quantitative estimate of drug-likeness (QED) is 0.151. The molecule has 6 aromatic heterocycles. The Hall–Kier alpha value is -9.78. The first-order chi connectivity index (χ1) is 46.4. The molecular formula is C91H92N6. The van der Waals surface area contributed by atoms with Gasteiger partial charge in [-0.2, -0.15) is 0 Å². The van der Waals surface area contributed by atoms with Crippen molar-refractivity contribution in [2.24, 2.45) is 0 Å². The van der Waals surface area contributed by atoms with Crippen molar-refractivity contribution in [3.05, 3.63) is 314 Å². The molecule has 0 radical (unpaired) electrons. The molecule has 0 bridgehead atoms. The molecule has 486 valence electrons. The third-order valence-electron chi connectivity index (χ3n) is 22.4. The summed E-state index contributed by atoms with van der Waals surface area (Å²) in [7, 11) is 0. The van der Waals surface area contributed by atoms with Crippen LogP contribution in [0.3, 0.4) is 0 Å². The molecule has 0 N–H and O–H groups in total. The summed E-state index contributed by atoms with van der Waals surface area (Å²) in [6, 6.07) is 39.8. The van der Waals surface area contributed by atoms with Crippen molar-refractivity contribution in [3.63, 3.8) is 0 Å². The maximum absolute atomic E-state index is 4.63. The van der Waals surface area contributed by atoms with E-state index in [9.17, 15) is 0 Å². The molecule has 0 atom stereocenters. The largest absolute Gasteiger partial charge is 0.260 e. The van der Waals surface area contributed by atoms with Crippen molar-refractivity contribution in [1.82, 2.24) is 29.9 Å². The Balaban J connectivity index is 0.000000105. The van der Waals surface area contributed by atoms with Crippen LogP contribution in [-0.4, -0.2) is 29.9 Å². The van der Waals surface area contributed by atoms with E-state index >= 15 is 0 Å².